The largest absolute Gasteiger partial charge is 0.286 e. The molecule has 0 radical (unpaired) electrons. The Morgan fingerprint density at radius 3 is 1.31 bits per heavy atom. The van der Waals surface area contributed by atoms with Crippen LogP contribution in [0.1, 0.15) is 0 Å². The summed E-state index contributed by atoms with van der Waals surface area (Å²) in [5.41, 5.74) is 7.29. The quantitative estimate of drug-likeness (QED) is 0.360. The summed E-state index contributed by atoms with van der Waals surface area (Å²) in [7, 11) is 0. The Kier molecular flexibility index (Phi) is 4.54. The maximum absolute atomic E-state index is 2.42. The Hall–Kier alpha value is -4.18. The van der Waals surface area contributed by atoms with Crippen molar-refractivity contribution in [1.82, 2.24) is 9.13 Å². The third-order valence-electron chi connectivity index (χ3n) is 6.08. The molecule has 0 saturated heterocycles. The van der Waals surface area contributed by atoms with Crippen LogP contribution >= 0.6 is 0 Å². The lowest BCUT2D eigenvalue weighted by atomic mass is 10.1. The first-order chi connectivity index (χ1) is 15.9. The number of imidazole rings is 2. The molecule has 0 unspecified atom stereocenters. The highest BCUT2D eigenvalue weighted by Crippen LogP contribution is 2.23. The first-order valence-corrected chi connectivity index (χ1v) is 11.0. The highest BCUT2D eigenvalue weighted by atomic mass is 15.2. The zero-order valence-corrected chi connectivity index (χ0v) is 17.8. The van der Waals surface area contributed by atoms with E-state index in [1.165, 1.54) is 33.8 Å². The van der Waals surface area contributed by atoms with E-state index in [0.717, 1.165) is 13.1 Å². The Bertz CT molecular complexity index is 1390. The highest BCUT2D eigenvalue weighted by Gasteiger charge is 2.23. The second-order valence-electron chi connectivity index (χ2n) is 8.00. The van der Waals surface area contributed by atoms with E-state index in [2.05, 4.69) is 140 Å². The van der Waals surface area contributed by atoms with Crippen LogP contribution in [0.5, 0.6) is 0 Å². The molecule has 0 amide bonds. The van der Waals surface area contributed by atoms with Crippen molar-refractivity contribution in [2.75, 3.05) is 0 Å². The van der Waals surface area contributed by atoms with Crippen LogP contribution in [0.25, 0.3) is 33.8 Å². The molecule has 0 saturated carbocycles. The molecule has 6 aromatic rings. The van der Waals surface area contributed by atoms with Crippen molar-refractivity contribution in [3.05, 3.63) is 122 Å². The fourth-order valence-electron chi connectivity index (χ4n) is 4.57. The van der Waals surface area contributed by atoms with E-state index in [-0.39, 0.29) is 0 Å². The van der Waals surface area contributed by atoms with Crippen LogP contribution in [0.3, 0.4) is 0 Å². The molecule has 0 spiro atoms. The van der Waals surface area contributed by atoms with E-state index in [0.29, 0.717) is 0 Å². The summed E-state index contributed by atoms with van der Waals surface area (Å²) in [6.07, 6.45) is 8.69. The van der Waals surface area contributed by atoms with Crippen molar-refractivity contribution in [2.45, 2.75) is 13.1 Å². The van der Waals surface area contributed by atoms with Gasteiger partial charge in [0.2, 0.25) is 0 Å². The van der Waals surface area contributed by atoms with E-state index in [1.54, 1.807) is 0 Å². The predicted octanol–water partition coefficient (Wildman–Crippen LogP) is 4.80. The zero-order valence-electron chi connectivity index (χ0n) is 17.8. The van der Waals surface area contributed by atoms with Gasteiger partial charge in [-0.3, -0.25) is 0 Å². The van der Waals surface area contributed by atoms with E-state index >= 15 is 0 Å². The van der Waals surface area contributed by atoms with Crippen LogP contribution in [0.2, 0.25) is 0 Å². The second kappa shape index (κ2) is 7.82. The number of pyridine rings is 2. The third-order valence-corrected chi connectivity index (χ3v) is 6.08. The van der Waals surface area contributed by atoms with Gasteiger partial charge in [0.05, 0.1) is 12.4 Å². The first kappa shape index (κ1) is 18.6. The molecule has 0 aliphatic heterocycles. The van der Waals surface area contributed by atoms with Crippen LogP contribution in [-0.4, -0.2) is 9.13 Å². The minimum atomic E-state index is 0.865. The van der Waals surface area contributed by atoms with Crippen LogP contribution in [0.15, 0.2) is 122 Å². The fourth-order valence-corrected chi connectivity index (χ4v) is 4.57. The second-order valence-corrected chi connectivity index (χ2v) is 8.00. The van der Waals surface area contributed by atoms with Gasteiger partial charge in [-0.1, -0.05) is 72.8 Å². The lowest BCUT2D eigenvalue weighted by Gasteiger charge is -2.05. The van der Waals surface area contributed by atoms with Crippen LogP contribution in [0.4, 0.5) is 0 Å². The van der Waals surface area contributed by atoms with Gasteiger partial charge in [0.15, 0.2) is 11.4 Å². The fraction of sp³-hybridized carbons (Fsp3) is 0.0714. The molecule has 0 N–H and O–H groups in total. The van der Waals surface area contributed by atoms with E-state index in [9.17, 15) is 0 Å². The first-order valence-electron chi connectivity index (χ1n) is 11.0. The van der Waals surface area contributed by atoms with E-state index in [1.807, 2.05) is 0 Å². The minimum absolute atomic E-state index is 0.865. The van der Waals surface area contributed by atoms with Gasteiger partial charge in [0.25, 0.3) is 11.3 Å². The summed E-state index contributed by atoms with van der Waals surface area (Å²) in [5.74, 6) is 0. The van der Waals surface area contributed by atoms with Gasteiger partial charge in [-0.25, -0.2) is 17.9 Å². The molecule has 0 aliphatic rings. The van der Waals surface area contributed by atoms with Gasteiger partial charge in [0, 0.05) is 23.3 Å². The van der Waals surface area contributed by atoms with Gasteiger partial charge in [-0.2, -0.15) is 0 Å². The van der Waals surface area contributed by atoms with E-state index < -0.39 is 0 Å². The zero-order chi connectivity index (χ0) is 21.3. The number of benzene rings is 2. The number of fused-ring (bicyclic) bond motifs is 2. The molecular formula is C28H24N4+2. The summed E-state index contributed by atoms with van der Waals surface area (Å²) >= 11 is 0. The maximum atomic E-state index is 2.42. The van der Waals surface area contributed by atoms with Crippen molar-refractivity contribution < 1.29 is 8.80 Å². The number of rotatable bonds is 5. The molecule has 154 valence electrons. The summed E-state index contributed by atoms with van der Waals surface area (Å²) in [6.45, 7) is 1.73. The van der Waals surface area contributed by atoms with Crippen molar-refractivity contribution in [2.24, 2.45) is 0 Å². The molecule has 4 aromatic heterocycles. The summed E-state index contributed by atoms with van der Waals surface area (Å²) in [5, 5.41) is 0. The van der Waals surface area contributed by atoms with E-state index in [4.69, 9.17) is 0 Å². The molecule has 0 atom stereocenters. The third kappa shape index (κ3) is 3.17. The Labute approximate surface area is 186 Å². The average Bonchev–Trinajstić information content (AvgIpc) is 3.42. The molecule has 2 aromatic carbocycles. The number of nitrogens with zero attached hydrogens (tertiary/aromatic N) is 4. The molecular weight excluding hydrogens is 392 g/mol. The van der Waals surface area contributed by atoms with Gasteiger partial charge in [-0.15, -0.1) is 0 Å². The Balaban J connectivity index is 1.47. The molecule has 0 aliphatic carbocycles. The van der Waals surface area contributed by atoms with Crippen LogP contribution in [0, 0.1) is 0 Å². The van der Waals surface area contributed by atoms with Crippen molar-refractivity contribution in [1.29, 1.82) is 0 Å². The molecule has 32 heavy (non-hydrogen) atoms. The molecule has 4 nitrogen and oxygen atoms in total. The topological polar surface area (TPSA) is 18.1 Å². The smallest absolute Gasteiger partial charge is 0.219 e. The average molecular weight is 417 g/mol. The summed E-state index contributed by atoms with van der Waals surface area (Å²) in [6, 6.07) is 34.0. The summed E-state index contributed by atoms with van der Waals surface area (Å²) < 4.78 is 9.26. The SMILES string of the molecule is c1ccc(-c2c[n+]3ccccc3n2CCn2c(-c3ccccc3)c[n+]3ccccc23)cc1. The van der Waals surface area contributed by atoms with Crippen LogP contribution < -0.4 is 8.80 Å². The van der Waals surface area contributed by atoms with Crippen molar-refractivity contribution >= 4 is 11.3 Å². The van der Waals surface area contributed by atoms with Crippen molar-refractivity contribution in [3.63, 3.8) is 0 Å². The lowest BCUT2D eigenvalue weighted by molar-refractivity contribution is -0.510. The maximum Gasteiger partial charge on any atom is 0.286 e. The standard InChI is InChI=1S/C28H24N4/c1-3-11-23(12-4-1)25-21-29-17-9-7-15-27(29)31(25)19-20-32-26(24-13-5-2-6-14-24)22-30-18-10-8-16-28(30)32/h1-18,21-22H,19-20H2/q+2. The van der Waals surface area contributed by atoms with Crippen LogP contribution in [-0.2, 0) is 13.1 Å². The monoisotopic (exact) mass is 416 g/mol. The summed E-state index contributed by atoms with van der Waals surface area (Å²) in [4.78, 5) is 0. The van der Waals surface area contributed by atoms with Gasteiger partial charge < -0.3 is 0 Å². The minimum Gasteiger partial charge on any atom is -0.219 e. The number of hydrogen-bond donors (Lipinski definition) is 0. The molecule has 0 fully saturated rings. The molecule has 0 bridgehead atoms. The van der Waals surface area contributed by atoms with Crippen molar-refractivity contribution in [3.8, 4) is 22.5 Å². The number of aryl methyl sites for hydroxylation is 2. The normalized spacial score (nSPS) is 11.4. The lowest BCUT2D eigenvalue weighted by Crippen LogP contribution is -2.20. The van der Waals surface area contributed by atoms with Gasteiger partial charge in [0.1, 0.15) is 25.5 Å². The Morgan fingerprint density at radius 1 is 0.469 bits per heavy atom. The Morgan fingerprint density at radius 2 is 0.875 bits per heavy atom. The van der Waals surface area contributed by atoms with Gasteiger partial charge in [-0.05, 0) is 12.1 Å². The predicted molar refractivity (Wildman–Crippen MR) is 126 cm³/mol. The number of hydrogen-bond acceptors (Lipinski definition) is 0. The van der Waals surface area contributed by atoms with Gasteiger partial charge >= 0.3 is 0 Å². The highest BCUT2D eigenvalue weighted by molar-refractivity contribution is 5.62. The molecule has 4 heteroatoms. The molecule has 6 rings (SSSR count). The number of aromatic nitrogens is 4. The molecule has 4 heterocycles.